The third-order valence-electron chi connectivity index (χ3n) is 5.02. The van der Waals surface area contributed by atoms with E-state index in [1.165, 1.54) is 6.07 Å². The minimum Gasteiger partial charge on any atom is -0.344 e. The molecule has 8 nitrogen and oxygen atoms in total. The standard InChI is InChI=1S/C20H23N5O3S2/c1-14-6-8-15(9-7-14)24-30(27,28)16-10-12-29-19(16)20(26)21-13-18-23-22-17-5-3-2-4-11-25(17)18/h6-10,12,24H,2-5,11,13H2,1H3,(H,21,26). The molecule has 1 amide bonds. The number of rotatable bonds is 6. The number of amides is 1. The predicted octanol–water partition coefficient (Wildman–Crippen LogP) is 3.11. The van der Waals surface area contributed by atoms with Gasteiger partial charge in [0.2, 0.25) is 0 Å². The van der Waals surface area contributed by atoms with Crippen LogP contribution < -0.4 is 10.0 Å². The van der Waals surface area contributed by atoms with E-state index in [2.05, 4.69) is 24.8 Å². The van der Waals surface area contributed by atoms with E-state index < -0.39 is 15.9 Å². The van der Waals surface area contributed by atoms with Gasteiger partial charge in [-0.15, -0.1) is 21.5 Å². The van der Waals surface area contributed by atoms with Crippen LogP contribution in [0.3, 0.4) is 0 Å². The minimum absolute atomic E-state index is 0.0364. The van der Waals surface area contributed by atoms with E-state index in [1.54, 1.807) is 17.5 Å². The van der Waals surface area contributed by atoms with Gasteiger partial charge in [0.25, 0.3) is 15.9 Å². The van der Waals surface area contributed by atoms with Crippen molar-refractivity contribution < 1.29 is 13.2 Å². The zero-order valence-corrected chi connectivity index (χ0v) is 18.2. The van der Waals surface area contributed by atoms with Crippen LogP contribution in [0.5, 0.6) is 0 Å². The van der Waals surface area contributed by atoms with Crippen molar-refractivity contribution in [1.82, 2.24) is 20.1 Å². The van der Waals surface area contributed by atoms with Crippen molar-refractivity contribution in [3.63, 3.8) is 0 Å². The number of anilines is 1. The van der Waals surface area contributed by atoms with E-state index in [4.69, 9.17) is 0 Å². The summed E-state index contributed by atoms with van der Waals surface area (Å²) in [6.45, 7) is 2.97. The zero-order chi connectivity index (χ0) is 21.1. The highest BCUT2D eigenvalue weighted by Crippen LogP contribution is 2.25. The topological polar surface area (TPSA) is 106 Å². The Morgan fingerprint density at radius 2 is 1.93 bits per heavy atom. The summed E-state index contributed by atoms with van der Waals surface area (Å²) in [5.74, 6) is 1.19. The van der Waals surface area contributed by atoms with E-state index in [-0.39, 0.29) is 16.3 Å². The van der Waals surface area contributed by atoms with Gasteiger partial charge in [0.15, 0.2) is 5.82 Å². The van der Waals surface area contributed by atoms with Crippen molar-refractivity contribution in [2.24, 2.45) is 0 Å². The van der Waals surface area contributed by atoms with Crippen molar-refractivity contribution in [2.75, 3.05) is 4.72 Å². The number of thiophene rings is 1. The van der Waals surface area contributed by atoms with E-state index in [9.17, 15) is 13.2 Å². The highest BCUT2D eigenvalue weighted by molar-refractivity contribution is 7.93. The van der Waals surface area contributed by atoms with Crippen LogP contribution in [0.2, 0.25) is 0 Å². The Morgan fingerprint density at radius 3 is 2.73 bits per heavy atom. The molecular formula is C20H23N5O3S2. The maximum absolute atomic E-state index is 12.8. The van der Waals surface area contributed by atoms with Crippen LogP contribution in [0, 0.1) is 6.92 Å². The number of hydrogen-bond acceptors (Lipinski definition) is 6. The van der Waals surface area contributed by atoms with Gasteiger partial charge < -0.3 is 9.88 Å². The van der Waals surface area contributed by atoms with Crippen LogP contribution in [0.1, 0.15) is 46.1 Å². The Bertz CT molecular complexity index is 1150. The molecule has 1 aromatic carbocycles. The fraction of sp³-hybridized carbons (Fsp3) is 0.350. The Morgan fingerprint density at radius 1 is 1.13 bits per heavy atom. The summed E-state index contributed by atoms with van der Waals surface area (Å²) in [4.78, 5) is 12.9. The number of hydrogen-bond donors (Lipinski definition) is 2. The molecule has 0 fully saturated rings. The average molecular weight is 446 g/mol. The fourth-order valence-corrected chi connectivity index (χ4v) is 5.83. The first-order valence-corrected chi connectivity index (χ1v) is 12.2. The van der Waals surface area contributed by atoms with Crippen molar-refractivity contribution in [1.29, 1.82) is 0 Å². The second kappa shape index (κ2) is 8.57. The van der Waals surface area contributed by atoms with Crippen LogP contribution in [-0.2, 0) is 29.5 Å². The second-order valence-electron chi connectivity index (χ2n) is 7.26. The number of nitrogens with zero attached hydrogens (tertiary/aromatic N) is 3. The Hall–Kier alpha value is -2.72. The first-order chi connectivity index (χ1) is 14.4. The molecule has 1 aliphatic rings. The summed E-state index contributed by atoms with van der Waals surface area (Å²) in [5.41, 5.74) is 1.48. The zero-order valence-electron chi connectivity index (χ0n) is 16.6. The monoisotopic (exact) mass is 445 g/mol. The van der Waals surface area contributed by atoms with Crippen molar-refractivity contribution >= 4 is 33.0 Å². The average Bonchev–Trinajstić information content (AvgIpc) is 3.30. The maximum Gasteiger partial charge on any atom is 0.263 e. The van der Waals surface area contributed by atoms with Crippen LogP contribution in [0.4, 0.5) is 5.69 Å². The van der Waals surface area contributed by atoms with Gasteiger partial charge >= 0.3 is 0 Å². The molecule has 2 N–H and O–H groups in total. The lowest BCUT2D eigenvalue weighted by atomic mass is 10.2. The lowest BCUT2D eigenvalue weighted by molar-refractivity contribution is 0.0950. The van der Waals surface area contributed by atoms with Crippen LogP contribution in [-0.4, -0.2) is 29.1 Å². The number of nitrogens with one attached hydrogen (secondary N) is 2. The summed E-state index contributed by atoms with van der Waals surface area (Å²) in [6.07, 6.45) is 4.19. The number of benzene rings is 1. The third-order valence-corrected chi connectivity index (χ3v) is 7.49. The molecule has 1 aliphatic heterocycles. The molecular weight excluding hydrogens is 422 g/mol. The molecule has 0 bridgehead atoms. The lowest BCUT2D eigenvalue weighted by Crippen LogP contribution is -2.26. The van der Waals surface area contributed by atoms with Crippen LogP contribution in [0.15, 0.2) is 40.6 Å². The number of aromatic nitrogens is 3. The highest BCUT2D eigenvalue weighted by atomic mass is 32.2. The summed E-state index contributed by atoms with van der Waals surface area (Å²) in [6, 6.07) is 8.46. The largest absolute Gasteiger partial charge is 0.344 e. The van der Waals surface area contributed by atoms with Gasteiger partial charge in [-0.2, -0.15) is 0 Å². The molecule has 0 saturated carbocycles. The summed E-state index contributed by atoms with van der Waals surface area (Å²) >= 11 is 1.09. The minimum atomic E-state index is -3.88. The highest BCUT2D eigenvalue weighted by Gasteiger charge is 2.25. The van der Waals surface area contributed by atoms with Gasteiger partial charge in [-0.3, -0.25) is 9.52 Å². The summed E-state index contributed by atoms with van der Waals surface area (Å²) in [7, 11) is -3.88. The van der Waals surface area contributed by atoms with E-state index >= 15 is 0 Å². The van der Waals surface area contributed by atoms with Crippen molar-refractivity contribution in [3.05, 3.63) is 57.8 Å². The molecule has 158 valence electrons. The van der Waals surface area contributed by atoms with E-state index in [1.807, 2.05) is 19.1 Å². The Balaban J connectivity index is 1.48. The molecule has 10 heteroatoms. The maximum atomic E-state index is 12.8. The van der Waals surface area contributed by atoms with Gasteiger partial charge in [0.05, 0.1) is 6.54 Å². The SMILES string of the molecule is Cc1ccc(NS(=O)(=O)c2ccsc2C(=O)NCc2nnc3n2CCCCC3)cc1. The van der Waals surface area contributed by atoms with Crippen molar-refractivity contribution in [3.8, 4) is 0 Å². The molecule has 3 heterocycles. The van der Waals surface area contributed by atoms with Gasteiger partial charge in [-0.1, -0.05) is 24.1 Å². The third kappa shape index (κ3) is 4.39. The summed E-state index contributed by atoms with van der Waals surface area (Å²) < 4.78 is 30.2. The first-order valence-electron chi connectivity index (χ1n) is 9.80. The molecule has 0 radical (unpaired) electrons. The molecule has 0 unspecified atom stereocenters. The number of carbonyl (C=O) groups is 1. The normalized spacial score (nSPS) is 14.0. The quantitative estimate of drug-likeness (QED) is 0.606. The van der Waals surface area contributed by atoms with Gasteiger partial charge in [0.1, 0.15) is 15.6 Å². The predicted molar refractivity (Wildman–Crippen MR) is 115 cm³/mol. The second-order valence-corrected chi connectivity index (χ2v) is 9.83. The van der Waals surface area contributed by atoms with Crippen molar-refractivity contribution in [2.45, 2.75) is 50.6 Å². The van der Waals surface area contributed by atoms with E-state index in [0.717, 1.165) is 55.0 Å². The molecule has 2 aromatic heterocycles. The summed E-state index contributed by atoms with van der Waals surface area (Å²) in [5, 5.41) is 12.8. The van der Waals surface area contributed by atoms with Crippen LogP contribution in [0.25, 0.3) is 0 Å². The number of aryl methyl sites for hydroxylation is 2. The number of fused-ring (bicyclic) bond motifs is 1. The molecule has 3 aromatic rings. The molecule has 30 heavy (non-hydrogen) atoms. The van der Waals surface area contributed by atoms with Gasteiger partial charge in [0, 0.05) is 18.7 Å². The molecule has 0 aliphatic carbocycles. The van der Waals surface area contributed by atoms with Crippen LogP contribution >= 0.6 is 11.3 Å². The first kappa shape index (κ1) is 20.5. The fourth-order valence-electron chi connectivity index (χ4n) is 3.42. The molecule has 0 spiro atoms. The molecule has 4 rings (SSSR count). The van der Waals surface area contributed by atoms with E-state index in [0.29, 0.717) is 11.5 Å². The smallest absolute Gasteiger partial charge is 0.263 e. The number of sulfonamides is 1. The molecule has 0 saturated heterocycles. The Kier molecular flexibility index (Phi) is 5.87. The molecule has 0 atom stereocenters. The Labute approximate surface area is 179 Å². The van der Waals surface area contributed by atoms with Gasteiger partial charge in [-0.05, 0) is 43.3 Å². The number of carbonyl (C=O) groups excluding carboxylic acids is 1. The van der Waals surface area contributed by atoms with Gasteiger partial charge in [-0.25, -0.2) is 8.42 Å². The lowest BCUT2D eigenvalue weighted by Gasteiger charge is -2.10.